The molecule has 0 radical (unpaired) electrons. The van der Waals surface area contributed by atoms with Gasteiger partial charge in [0.25, 0.3) is 0 Å². The predicted molar refractivity (Wildman–Crippen MR) is 61.5 cm³/mol. The molecule has 3 N–H and O–H groups in total. The summed E-state index contributed by atoms with van der Waals surface area (Å²) in [5.41, 5.74) is 3.12. The molecule has 0 bridgehead atoms. The first-order valence-electron chi connectivity index (χ1n) is 5.58. The van der Waals surface area contributed by atoms with Crippen molar-refractivity contribution in [3.05, 3.63) is 29.8 Å². The number of hydrogen-bond acceptors (Lipinski definition) is 5. The highest BCUT2D eigenvalue weighted by Crippen LogP contribution is 2.23. The molecule has 6 heteroatoms. The molecular formula is C11H17FN4O. The van der Waals surface area contributed by atoms with Crippen molar-refractivity contribution in [3.63, 3.8) is 0 Å². The predicted octanol–water partition coefficient (Wildman–Crippen LogP) is 0.0557. The molecule has 0 spiro atoms. The van der Waals surface area contributed by atoms with E-state index in [2.05, 4.69) is 15.3 Å². The maximum absolute atomic E-state index is 13.7. The van der Waals surface area contributed by atoms with Gasteiger partial charge >= 0.3 is 0 Å². The van der Waals surface area contributed by atoms with Crippen LogP contribution in [0.4, 0.5) is 4.39 Å². The smallest absolute Gasteiger partial charge is 0.146 e. The maximum Gasteiger partial charge on any atom is 0.146 e. The number of nitrogens with two attached hydrogens (primary N) is 1. The molecule has 2 atom stereocenters. The number of likely N-dealkylation sites (N-methyl/N-ethyl adjacent to an activating group) is 1. The fourth-order valence-corrected chi connectivity index (χ4v) is 2.05. The zero-order valence-corrected chi connectivity index (χ0v) is 9.77. The Morgan fingerprint density at radius 3 is 3.18 bits per heavy atom. The van der Waals surface area contributed by atoms with Crippen molar-refractivity contribution in [2.45, 2.75) is 12.1 Å². The molecule has 1 aliphatic rings. The summed E-state index contributed by atoms with van der Waals surface area (Å²) < 4.78 is 19.3. The van der Waals surface area contributed by atoms with Crippen LogP contribution < -0.4 is 11.3 Å². The van der Waals surface area contributed by atoms with E-state index in [0.29, 0.717) is 12.2 Å². The van der Waals surface area contributed by atoms with Crippen LogP contribution in [-0.2, 0) is 4.74 Å². The monoisotopic (exact) mass is 240 g/mol. The van der Waals surface area contributed by atoms with Crippen LogP contribution in [0.3, 0.4) is 0 Å². The number of rotatable bonds is 3. The van der Waals surface area contributed by atoms with Crippen LogP contribution in [0.5, 0.6) is 0 Å². The molecule has 94 valence electrons. The lowest BCUT2D eigenvalue weighted by Crippen LogP contribution is -2.48. The van der Waals surface area contributed by atoms with E-state index in [1.807, 2.05) is 7.05 Å². The molecule has 5 nitrogen and oxygen atoms in total. The van der Waals surface area contributed by atoms with E-state index in [0.717, 1.165) is 13.1 Å². The quantitative estimate of drug-likeness (QED) is 0.577. The van der Waals surface area contributed by atoms with Crippen molar-refractivity contribution in [2.24, 2.45) is 5.84 Å². The number of morpholine rings is 1. The van der Waals surface area contributed by atoms with E-state index in [4.69, 9.17) is 10.6 Å². The molecule has 1 saturated heterocycles. The zero-order chi connectivity index (χ0) is 12.3. The first-order valence-corrected chi connectivity index (χ1v) is 5.58. The van der Waals surface area contributed by atoms with Crippen molar-refractivity contribution >= 4 is 0 Å². The number of halogens is 1. The average molecular weight is 240 g/mol. The topological polar surface area (TPSA) is 63.4 Å². The van der Waals surface area contributed by atoms with Gasteiger partial charge in [-0.25, -0.2) is 4.39 Å². The van der Waals surface area contributed by atoms with Gasteiger partial charge in [-0.1, -0.05) is 0 Å². The second kappa shape index (κ2) is 5.50. The Morgan fingerprint density at radius 2 is 2.53 bits per heavy atom. The number of aromatic nitrogens is 1. The van der Waals surface area contributed by atoms with Crippen LogP contribution in [0.15, 0.2) is 18.5 Å². The lowest BCUT2D eigenvalue weighted by molar-refractivity contribution is -0.0398. The molecule has 17 heavy (non-hydrogen) atoms. The summed E-state index contributed by atoms with van der Waals surface area (Å²) in [6.45, 7) is 2.23. The molecule has 1 fully saturated rings. The molecular weight excluding hydrogens is 223 g/mol. The summed E-state index contributed by atoms with van der Waals surface area (Å²) >= 11 is 0. The number of nitrogens with one attached hydrogen (secondary N) is 1. The Balaban J connectivity index is 2.18. The van der Waals surface area contributed by atoms with E-state index in [1.54, 1.807) is 12.3 Å². The first kappa shape index (κ1) is 12.4. The number of hydrazine groups is 1. The minimum Gasteiger partial charge on any atom is -0.374 e. The highest BCUT2D eigenvalue weighted by molar-refractivity contribution is 5.19. The van der Waals surface area contributed by atoms with Crippen LogP contribution in [0.1, 0.15) is 11.6 Å². The lowest BCUT2D eigenvalue weighted by atomic mass is 10.0. The molecule has 1 aromatic heterocycles. The largest absolute Gasteiger partial charge is 0.374 e. The maximum atomic E-state index is 13.7. The summed E-state index contributed by atoms with van der Waals surface area (Å²) in [6.07, 6.45) is 2.58. The number of nitrogens with zero attached hydrogens (tertiary/aromatic N) is 2. The Kier molecular flexibility index (Phi) is 4.01. The average Bonchev–Trinajstić information content (AvgIpc) is 2.33. The van der Waals surface area contributed by atoms with Gasteiger partial charge in [0.1, 0.15) is 5.82 Å². The normalized spacial score (nSPS) is 23.6. The first-order chi connectivity index (χ1) is 8.22. The van der Waals surface area contributed by atoms with E-state index in [9.17, 15) is 4.39 Å². The van der Waals surface area contributed by atoms with Crippen molar-refractivity contribution in [1.29, 1.82) is 0 Å². The van der Waals surface area contributed by atoms with Gasteiger partial charge in [0, 0.05) is 24.8 Å². The fourth-order valence-electron chi connectivity index (χ4n) is 2.05. The van der Waals surface area contributed by atoms with Gasteiger partial charge in [0.2, 0.25) is 0 Å². The van der Waals surface area contributed by atoms with Crippen LogP contribution in [-0.4, -0.2) is 42.7 Å². The highest BCUT2D eigenvalue weighted by Gasteiger charge is 2.29. The summed E-state index contributed by atoms with van der Waals surface area (Å²) in [6, 6.07) is 1.26. The minimum atomic E-state index is -0.368. The van der Waals surface area contributed by atoms with Crippen molar-refractivity contribution in [3.8, 4) is 0 Å². The van der Waals surface area contributed by atoms with E-state index in [1.165, 1.54) is 6.20 Å². The summed E-state index contributed by atoms with van der Waals surface area (Å²) in [5.74, 6) is 5.15. The third-order valence-electron chi connectivity index (χ3n) is 2.99. The summed E-state index contributed by atoms with van der Waals surface area (Å²) in [4.78, 5) is 5.86. The second-order valence-electron chi connectivity index (χ2n) is 4.21. The highest BCUT2D eigenvalue weighted by atomic mass is 19.1. The van der Waals surface area contributed by atoms with Gasteiger partial charge in [-0.3, -0.25) is 16.3 Å². The van der Waals surface area contributed by atoms with Crippen molar-refractivity contribution < 1.29 is 9.13 Å². The van der Waals surface area contributed by atoms with Crippen LogP contribution in [0.25, 0.3) is 0 Å². The molecule has 1 aromatic rings. The fraction of sp³-hybridized carbons (Fsp3) is 0.545. The lowest BCUT2D eigenvalue weighted by Gasteiger charge is -2.35. The molecule has 2 heterocycles. The van der Waals surface area contributed by atoms with E-state index >= 15 is 0 Å². The second-order valence-corrected chi connectivity index (χ2v) is 4.21. The third-order valence-corrected chi connectivity index (χ3v) is 2.99. The molecule has 0 aliphatic carbocycles. The van der Waals surface area contributed by atoms with Crippen molar-refractivity contribution in [1.82, 2.24) is 15.3 Å². The van der Waals surface area contributed by atoms with Gasteiger partial charge in [-0.05, 0) is 13.1 Å². The number of pyridine rings is 1. The van der Waals surface area contributed by atoms with Gasteiger partial charge in [0.05, 0.1) is 24.9 Å². The summed E-state index contributed by atoms with van der Waals surface area (Å²) in [5, 5.41) is 0. The van der Waals surface area contributed by atoms with Gasteiger partial charge < -0.3 is 9.64 Å². The Morgan fingerprint density at radius 1 is 1.71 bits per heavy atom. The molecule has 0 saturated carbocycles. The molecule has 0 amide bonds. The van der Waals surface area contributed by atoms with E-state index in [-0.39, 0.29) is 18.0 Å². The number of hydrogen-bond donors (Lipinski definition) is 2. The minimum absolute atomic E-state index is 0.157. The SMILES string of the molecule is CN1CCOC(C(NN)c2ccncc2F)C1. The van der Waals surface area contributed by atoms with Crippen LogP contribution in [0.2, 0.25) is 0 Å². The molecule has 2 unspecified atom stereocenters. The number of ether oxygens (including phenoxy) is 1. The van der Waals surface area contributed by atoms with Gasteiger partial charge in [0.15, 0.2) is 0 Å². The molecule has 2 rings (SSSR count). The van der Waals surface area contributed by atoms with E-state index < -0.39 is 0 Å². The zero-order valence-electron chi connectivity index (χ0n) is 9.77. The van der Waals surface area contributed by atoms with Gasteiger partial charge in [-0.15, -0.1) is 0 Å². The van der Waals surface area contributed by atoms with Crippen molar-refractivity contribution in [2.75, 3.05) is 26.7 Å². The van der Waals surface area contributed by atoms with Crippen LogP contribution >= 0.6 is 0 Å². The Labute approximate surface area is 99.7 Å². The molecule has 1 aliphatic heterocycles. The standard InChI is InChI=1S/C11H17FN4O/c1-16-4-5-17-10(7-16)11(15-13)8-2-3-14-6-9(8)12/h2-3,6,10-11,15H,4-5,7,13H2,1H3. The van der Waals surface area contributed by atoms with Gasteiger partial charge in [-0.2, -0.15) is 0 Å². The van der Waals surface area contributed by atoms with Crippen LogP contribution in [0, 0.1) is 5.82 Å². The molecule has 0 aromatic carbocycles. The Hall–Kier alpha value is -1.08. The third kappa shape index (κ3) is 2.78. The Bertz CT molecular complexity index is 376. The summed E-state index contributed by atoms with van der Waals surface area (Å²) in [7, 11) is 2.01.